The predicted octanol–water partition coefficient (Wildman–Crippen LogP) is 3.43. The minimum Gasteiger partial charge on any atom is -0.435 e. The molecule has 20 heavy (non-hydrogen) atoms. The molecule has 1 aliphatic rings. The molecule has 3 nitrogen and oxygen atoms in total. The summed E-state index contributed by atoms with van der Waals surface area (Å²) in [5, 5.41) is 2.83. The summed E-state index contributed by atoms with van der Waals surface area (Å²) in [6.45, 7) is -2.33. The van der Waals surface area contributed by atoms with Crippen LogP contribution in [0.3, 0.4) is 0 Å². The smallest absolute Gasteiger partial charge is 0.387 e. The van der Waals surface area contributed by atoms with Crippen LogP contribution in [0.25, 0.3) is 0 Å². The molecule has 0 saturated heterocycles. The van der Waals surface area contributed by atoms with Crippen molar-refractivity contribution in [3.05, 3.63) is 29.8 Å². The van der Waals surface area contributed by atoms with Crippen LogP contribution in [0, 0.1) is 5.41 Å². The van der Waals surface area contributed by atoms with E-state index in [-0.39, 0.29) is 17.1 Å². The lowest BCUT2D eigenvalue weighted by Crippen LogP contribution is -2.30. The number of carbonyl (C=O) groups is 1. The lowest BCUT2D eigenvalue weighted by Gasteiger charge is -2.14. The molecule has 1 aromatic rings. The molecule has 2 rings (SSSR count). The van der Waals surface area contributed by atoms with Gasteiger partial charge >= 0.3 is 6.61 Å². The van der Waals surface area contributed by atoms with E-state index in [0.717, 1.165) is 19.3 Å². The Bertz CT molecular complexity index is 478. The first-order valence-corrected chi connectivity index (χ1v) is 6.97. The van der Waals surface area contributed by atoms with Gasteiger partial charge in [0.2, 0.25) is 0 Å². The van der Waals surface area contributed by atoms with E-state index in [2.05, 4.69) is 10.1 Å². The van der Waals surface area contributed by atoms with E-state index in [1.165, 1.54) is 18.2 Å². The van der Waals surface area contributed by atoms with E-state index < -0.39 is 6.61 Å². The highest BCUT2D eigenvalue weighted by molar-refractivity contribution is 6.17. The molecule has 1 N–H and O–H groups in total. The number of ether oxygens (including phenoxy) is 1. The Hall–Kier alpha value is -1.36. The maximum Gasteiger partial charge on any atom is 0.387 e. The Balaban J connectivity index is 1.92. The molecule has 0 heterocycles. The first-order chi connectivity index (χ1) is 9.54. The van der Waals surface area contributed by atoms with Crippen molar-refractivity contribution in [1.29, 1.82) is 0 Å². The van der Waals surface area contributed by atoms with Crippen LogP contribution < -0.4 is 10.1 Å². The van der Waals surface area contributed by atoms with E-state index in [1.807, 2.05) is 0 Å². The Morgan fingerprint density at radius 1 is 1.45 bits per heavy atom. The molecule has 0 aliphatic heterocycles. The van der Waals surface area contributed by atoms with Gasteiger partial charge in [0, 0.05) is 18.0 Å². The van der Waals surface area contributed by atoms with Gasteiger partial charge in [-0.15, -0.1) is 11.6 Å². The summed E-state index contributed by atoms with van der Waals surface area (Å²) in [5.74, 6) is 0.272. The average molecular weight is 304 g/mol. The fourth-order valence-electron chi connectivity index (χ4n) is 2.08. The second kappa shape index (κ2) is 6.39. The van der Waals surface area contributed by atoms with Crippen LogP contribution in [0.15, 0.2) is 24.3 Å². The third-order valence-electron chi connectivity index (χ3n) is 3.53. The van der Waals surface area contributed by atoms with Gasteiger partial charge in [-0.3, -0.25) is 4.79 Å². The summed E-state index contributed by atoms with van der Waals surface area (Å²) in [4.78, 5) is 12.0. The standard InChI is InChI=1S/C14H16ClF2NO2/c15-7-6-14(4-5-14)9-18-12(19)10-2-1-3-11(8-10)20-13(16)17/h1-3,8,13H,4-7,9H2,(H,18,19). The number of nitrogens with one attached hydrogen (secondary N) is 1. The average Bonchev–Trinajstić information content (AvgIpc) is 3.16. The van der Waals surface area contributed by atoms with Crippen LogP contribution in [0.5, 0.6) is 5.75 Å². The largest absolute Gasteiger partial charge is 0.435 e. The van der Waals surface area contributed by atoms with E-state index >= 15 is 0 Å². The highest BCUT2D eigenvalue weighted by Gasteiger charge is 2.41. The molecule has 1 aliphatic carbocycles. The summed E-state index contributed by atoms with van der Waals surface area (Å²) in [5.41, 5.74) is 0.443. The number of rotatable bonds is 7. The number of halogens is 3. The maximum absolute atomic E-state index is 12.1. The minimum absolute atomic E-state index is 0.0189. The van der Waals surface area contributed by atoms with E-state index in [4.69, 9.17) is 11.6 Å². The van der Waals surface area contributed by atoms with Gasteiger partial charge in [-0.25, -0.2) is 0 Å². The number of hydrogen-bond acceptors (Lipinski definition) is 2. The van der Waals surface area contributed by atoms with Crippen molar-refractivity contribution in [3.8, 4) is 5.75 Å². The topological polar surface area (TPSA) is 38.3 Å². The zero-order chi connectivity index (χ0) is 14.6. The summed E-state index contributed by atoms with van der Waals surface area (Å²) in [7, 11) is 0. The van der Waals surface area contributed by atoms with Crippen molar-refractivity contribution < 1.29 is 18.3 Å². The Labute approximate surface area is 121 Å². The second-order valence-electron chi connectivity index (χ2n) is 5.03. The highest BCUT2D eigenvalue weighted by atomic mass is 35.5. The number of alkyl halides is 3. The fraction of sp³-hybridized carbons (Fsp3) is 0.500. The third kappa shape index (κ3) is 4.07. The van der Waals surface area contributed by atoms with Crippen molar-refractivity contribution in [2.24, 2.45) is 5.41 Å². The van der Waals surface area contributed by atoms with Gasteiger partial charge in [0.05, 0.1) is 0 Å². The quantitative estimate of drug-likeness (QED) is 0.784. The Morgan fingerprint density at radius 3 is 2.80 bits per heavy atom. The summed E-state index contributed by atoms with van der Waals surface area (Å²) in [6.07, 6.45) is 3.01. The third-order valence-corrected chi connectivity index (χ3v) is 3.72. The summed E-state index contributed by atoms with van der Waals surface area (Å²) < 4.78 is 28.5. The van der Waals surface area contributed by atoms with Crippen molar-refractivity contribution in [3.63, 3.8) is 0 Å². The van der Waals surface area contributed by atoms with Gasteiger partial charge in [-0.1, -0.05) is 6.07 Å². The molecule has 0 spiro atoms. The molecule has 1 fully saturated rings. The molecular weight excluding hydrogens is 288 g/mol. The Morgan fingerprint density at radius 2 is 2.20 bits per heavy atom. The van der Waals surface area contributed by atoms with Crippen LogP contribution in [-0.2, 0) is 0 Å². The number of hydrogen-bond donors (Lipinski definition) is 1. The summed E-state index contributed by atoms with van der Waals surface area (Å²) in [6, 6.07) is 5.77. The van der Waals surface area contributed by atoms with Gasteiger partial charge in [0.25, 0.3) is 5.91 Å². The van der Waals surface area contributed by atoms with Crippen LogP contribution >= 0.6 is 11.6 Å². The normalized spacial score (nSPS) is 16.0. The lowest BCUT2D eigenvalue weighted by atomic mass is 10.0. The molecule has 110 valence electrons. The van der Waals surface area contributed by atoms with Gasteiger partial charge < -0.3 is 10.1 Å². The molecule has 1 saturated carbocycles. The zero-order valence-electron chi connectivity index (χ0n) is 10.9. The monoisotopic (exact) mass is 303 g/mol. The van der Waals surface area contributed by atoms with Crippen LogP contribution in [0.4, 0.5) is 8.78 Å². The maximum atomic E-state index is 12.1. The van der Waals surface area contributed by atoms with Crippen molar-refractivity contribution >= 4 is 17.5 Å². The zero-order valence-corrected chi connectivity index (χ0v) is 11.6. The molecule has 1 aromatic carbocycles. The molecule has 0 unspecified atom stereocenters. The van der Waals surface area contributed by atoms with Crippen molar-refractivity contribution in [1.82, 2.24) is 5.32 Å². The molecule has 0 atom stereocenters. The van der Waals surface area contributed by atoms with Gasteiger partial charge in [-0.2, -0.15) is 8.78 Å². The number of amides is 1. The fourth-order valence-corrected chi connectivity index (χ4v) is 2.48. The lowest BCUT2D eigenvalue weighted by molar-refractivity contribution is -0.0498. The highest BCUT2D eigenvalue weighted by Crippen LogP contribution is 2.48. The van der Waals surface area contributed by atoms with Gasteiger partial charge in [0.15, 0.2) is 0 Å². The molecular formula is C14H16ClF2NO2. The number of carbonyl (C=O) groups excluding carboxylic acids is 1. The summed E-state index contributed by atoms with van der Waals surface area (Å²) >= 11 is 5.73. The predicted molar refractivity (Wildman–Crippen MR) is 72.4 cm³/mol. The first-order valence-electron chi connectivity index (χ1n) is 6.44. The van der Waals surface area contributed by atoms with Crippen LogP contribution in [0.1, 0.15) is 29.6 Å². The molecule has 0 aromatic heterocycles. The van der Waals surface area contributed by atoms with Gasteiger partial charge in [-0.05, 0) is 42.9 Å². The van der Waals surface area contributed by atoms with E-state index in [0.29, 0.717) is 18.0 Å². The van der Waals surface area contributed by atoms with Crippen molar-refractivity contribution in [2.45, 2.75) is 25.9 Å². The molecule has 6 heteroatoms. The SMILES string of the molecule is O=C(NCC1(CCCl)CC1)c1cccc(OC(F)F)c1. The van der Waals surface area contributed by atoms with Crippen LogP contribution in [0.2, 0.25) is 0 Å². The molecule has 0 radical (unpaired) electrons. The Kier molecular flexibility index (Phi) is 4.81. The first kappa shape index (κ1) is 15.0. The van der Waals surface area contributed by atoms with E-state index in [1.54, 1.807) is 6.07 Å². The molecule has 0 bridgehead atoms. The second-order valence-corrected chi connectivity index (χ2v) is 5.41. The van der Waals surface area contributed by atoms with Crippen LogP contribution in [-0.4, -0.2) is 24.9 Å². The van der Waals surface area contributed by atoms with Crippen molar-refractivity contribution in [2.75, 3.05) is 12.4 Å². The molecule has 1 amide bonds. The van der Waals surface area contributed by atoms with Gasteiger partial charge in [0.1, 0.15) is 5.75 Å². The minimum atomic E-state index is -2.90. The number of benzene rings is 1. The van der Waals surface area contributed by atoms with E-state index in [9.17, 15) is 13.6 Å².